The highest BCUT2D eigenvalue weighted by atomic mass is 16.5. The quantitative estimate of drug-likeness (QED) is 0.618. The normalized spacial score (nSPS) is 33.7. The summed E-state index contributed by atoms with van der Waals surface area (Å²) in [4.78, 5) is 10.8. The summed E-state index contributed by atoms with van der Waals surface area (Å²) >= 11 is 0. The second-order valence-corrected chi connectivity index (χ2v) is 4.18. The Bertz CT molecular complexity index is 208. The van der Waals surface area contributed by atoms with Crippen LogP contribution in [0.3, 0.4) is 0 Å². The third-order valence-corrected chi connectivity index (χ3v) is 3.23. The lowest BCUT2D eigenvalue weighted by Gasteiger charge is -2.43. The van der Waals surface area contributed by atoms with E-state index >= 15 is 0 Å². The summed E-state index contributed by atoms with van der Waals surface area (Å²) in [5.41, 5.74) is 0. The molecule has 0 N–H and O–H groups in total. The smallest absolute Gasteiger partial charge is 0.133 e. The average molecular weight is 180 g/mol. The van der Waals surface area contributed by atoms with Gasteiger partial charge in [-0.15, -0.1) is 6.58 Å². The molecule has 2 saturated carbocycles. The van der Waals surface area contributed by atoms with E-state index in [0.29, 0.717) is 24.4 Å². The molecule has 72 valence electrons. The van der Waals surface area contributed by atoms with Crippen LogP contribution >= 0.6 is 0 Å². The van der Waals surface area contributed by atoms with Crippen molar-refractivity contribution in [3.05, 3.63) is 12.7 Å². The molecule has 2 heteroatoms. The minimum atomic E-state index is 0.443. The van der Waals surface area contributed by atoms with E-state index < -0.39 is 0 Å². The number of ether oxygens (including phenoxy) is 1. The highest BCUT2D eigenvalue weighted by Gasteiger charge is 2.41. The van der Waals surface area contributed by atoms with Crippen LogP contribution in [0, 0.1) is 11.8 Å². The van der Waals surface area contributed by atoms with Gasteiger partial charge in [0.25, 0.3) is 0 Å². The van der Waals surface area contributed by atoms with Crippen molar-refractivity contribution in [3.63, 3.8) is 0 Å². The fourth-order valence-electron chi connectivity index (χ4n) is 2.19. The number of ketones is 1. The summed E-state index contributed by atoms with van der Waals surface area (Å²) in [6, 6.07) is 0. The Labute approximate surface area is 79.0 Å². The lowest BCUT2D eigenvalue weighted by Crippen LogP contribution is -2.41. The first kappa shape index (κ1) is 8.95. The predicted molar refractivity (Wildman–Crippen MR) is 50.4 cm³/mol. The van der Waals surface area contributed by atoms with Gasteiger partial charge in [0.15, 0.2) is 0 Å². The van der Waals surface area contributed by atoms with Crippen LogP contribution in [0.5, 0.6) is 0 Å². The van der Waals surface area contributed by atoms with Crippen molar-refractivity contribution >= 4 is 5.78 Å². The summed E-state index contributed by atoms with van der Waals surface area (Å²) < 4.78 is 5.50. The molecule has 2 aliphatic rings. The van der Waals surface area contributed by atoms with Gasteiger partial charge in [-0.25, -0.2) is 0 Å². The minimum absolute atomic E-state index is 0.443. The fraction of sp³-hybridized carbons (Fsp3) is 0.727. The zero-order valence-corrected chi connectivity index (χ0v) is 7.87. The monoisotopic (exact) mass is 180 g/mol. The molecule has 0 saturated heterocycles. The summed E-state index contributed by atoms with van der Waals surface area (Å²) in [5, 5.41) is 0. The predicted octanol–water partition coefficient (Wildman–Crippen LogP) is 1.95. The maximum absolute atomic E-state index is 10.8. The lowest BCUT2D eigenvalue weighted by atomic mass is 9.65. The van der Waals surface area contributed by atoms with E-state index in [0.717, 1.165) is 31.6 Å². The molecule has 0 aromatic heterocycles. The van der Waals surface area contributed by atoms with Crippen LogP contribution in [0.4, 0.5) is 0 Å². The molecule has 0 unspecified atom stereocenters. The minimum Gasteiger partial charge on any atom is -0.374 e. The molecular formula is C11H16O2. The molecule has 0 radical (unpaired) electrons. The Kier molecular flexibility index (Phi) is 2.49. The van der Waals surface area contributed by atoms with Crippen molar-refractivity contribution in [3.8, 4) is 0 Å². The summed E-state index contributed by atoms with van der Waals surface area (Å²) in [6.07, 6.45) is 6.22. The summed E-state index contributed by atoms with van der Waals surface area (Å²) in [5.74, 6) is 1.91. The van der Waals surface area contributed by atoms with Crippen molar-refractivity contribution in [2.75, 3.05) is 6.61 Å². The van der Waals surface area contributed by atoms with E-state index in [2.05, 4.69) is 6.58 Å². The number of carbonyl (C=O) groups is 1. The number of Topliss-reactive ketones (excluding diaryl/α,β-unsaturated/α-hetero) is 1. The summed E-state index contributed by atoms with van der Waals surface area (Å²) in [7, 11) is 0. The zero-order valence-electron chi connectivity index (χ0n) is 7.87. The second kappa shape index (κ2) is 3.62. The molecule has 0 amide bonds. The van der Waals surface area contributed by atoms with Crippen molar-refractivity contribution < 1.29 is 9.53 Å². The SMILES string of the molecule is C=CCOC1CC(C2CC(=O)C2)C1. The van der Waals surface area contributed by atoms with E-state index in [1.54, 1.807) is 6.08 Å². The largest absolute Gasteiger partial charge is 0.374 e. The van der Waals surface area contributed by atoms with Gasteiger partial charge in [0, 0.05) is 12.8 Å². The van der Waals surface area contributed by atoms with Gasteiger partial charge in [-0.05, 0) is 24.7 Å². The van der Waals surface area contributed by atoms with E-state index in [9.17, 15) is 4.79 Å². The van der Waals surface area contributed by atoms with Gasteiger partial charge in [-0.1, -0.05) is 6.08 Å². The van der Waals surface area contributed by atoms with Crippen molar-refractivity contribution in [2.24, 2.45) is 11.8 Å². The first-order valence-corrected chi connectivity index (χ1v) is 5.03. The zero-order chi connectivity index (χ0) is 9.26. The second-order valence-electron chi connectivity index (χ2n) is 4.18. The van der Waals surface area contributed by atoms with E-state index in [1.165, 1.54) is 0 Å². The maximum atomic E-state index is 10.8. The van der Waals surface area contributed by atoms with Gasteiger partial charge in [-0.3, -0.25) is 4.79 Å². The average Bonchev–Trinajstić information content (AvgIpc) is 1.98. The summed E-state index contributed by atoms with van der Waals surface area (Å²) in [6.45, 7) is 4.28. The van der Waals surface area contributed by atoms with Gasteiger partial charge < -0.3 is 4.74 Å². The third-order valence-electron chi connectivity index (χ3n) is 3.23. The first-order chi connectivity index (χ1) is 6.29. The van der Waals surface area contributed by atoms with Crippen LogP contribution in [-0.4, -0.2) is 18.5 Å². The fourth-order valence-corrected chi connectivity index (χ4v) is 2.19. The van der Waals surface area contributed by atoms with Crippen LogP contribution in [0.1, 0.15) is 25.7 Å². The Morgan fingerprint density at radius 2 is 2.08 bits per heavy atom. The molecule has 0 spiro atoms. The lowest BCUT2D eigenvalue weighted by molar-refractivity contribution is -0.132. The third kappa shape index (κ3) is 1.83. The van der Waals surface area contributed by atoms with Crippen molar-refractivity contribution in [1.82, 2.24) is 0 Å². The van der Waals surface area contributed by atoms with Gasteiger partial charge in [0.2, 0.25) is 0 Å². The molecule has 2 fully saturated rings. The number of hydrogen-bond acceptors (Lipinski definition) is 2. The first-order valence-electron chi connectivity index (χ1n) is 5.03. The molecule has 0 aromatic rings. The highest BCUT2D eigenvalue weighted by molar-refractivity contribution is 5.84. The number of rotatable bonds is 4. The molecule has 2 aliphatic carbocycles. The van der Waals surface area contributed by atoms with E-state index in [4.69, 9.17) is 4.74 Å². The van der Waals surface area contributed by atoms with Gasteiger partial charge in [0.1, 0.15) is 5.78 Å². The van der Waals surface area contributed by atoms with Gasteiger partial charge >= 0.3 is 0 Å². The van der Waals surface area contributed by atoms with Crippen LogP contribution in [0.25, 0.3) is 0 Å². The molecule has 0 aliphatic heterocycles. The van der Waals surface area contributed by atoms with E-state index in [1.807, 2.05) is 0 Å². The van der Waals surface area contributed by atoms with Crippen LogP contribution in [-0.2, 0) is 9.53 Å². The Balaban J connectivity index is 1.61. The molecule has 13 heavy (non-hydrogen) atoms. The number of carbonyl (C=O) groups excluding carboxylic acids is 1. The molecule has 0 atom stereocenters. The standard InChI is InChI=1S/C11H16O2/c1-2-3-13-11-6-9(7-11)8-4-10(12)5-8/h2,8-9,11H,1,3-7H2. The van der Waals surface area contributed by atoms with Gasteiger partial charge in [0.05, 0.1) is 12.7 Å². The Hall–Kier alpha value is -0.630. The molecule has 2 nitrogen and oxygen atoms in total. The molecule has 0 heterocycles. The Morgan fingerprint density at radius 3 is 2.62 bits per heavy atom. The number of hydrogen-bond donors (Lipinski definition) is 0. The molecule has 0 bridgehead atoms. The van der Waals surface area contributed by atoms with Crippen molar-refractivity contribution in [1.29, 1.82) is 0 Å². The maximum Gasteiger partial charge on any atom is 0.133 e. The highest BCUT2D eigenvalue weighted by Crippen LogP contribution is 2.43. The van der Waals surface area contributed by atoms with Crippen molar-refractivity contribution in [2.45, 2.75) is 31.8 Å². The van der Waals surface area contributed by atoms with E-state index in [-0.39, 0.29) is 0 Å². The van der Waals surface area contributed by atoms with Crippen LogP contribution < -0.4 is 0 Å². The molecule has 2 rings (SSSR count). The molecule has 0 aromatic carbocycles. The van der Waals surface area contributed by atoms with Crippen LogP contribution in [0.2, 0.25) is 0 Å². The topological polar surface area (TPSA) is 26.3 Å². The molecular weight excluding hydrogens is 164 g/mol. The van der Waals surface area contributed by atoms with Gasteiger partial charge in [-0.2, -0.15) is 0 Å². The Morgan fingerprint density at radius 1 is 1.38 bits per heavy atom. The van der Waals surface area contributed by atoms with Crippen LogP contribution in [0.15, 0.2) is 12.7 Å².